The Kier molecular flexibility index (Phi) is 7.23. The van der Waals surface area contributed by atoms with Gasteiger partial charge in [0, 0.05) is 0 Å². The zero-order valence-electron chi connectivity index (χ0n) is 8.02. The summed E-state index contributed by atoms with van der Waals surface area (Å²) in [7, 11) is 0. The van der Waals surface area contributed by atoms with Crippen molar-refractivity contribution in [3.8, 4) is 0 Å². The van der Waals surface area contributed by atoms with Crippen molar-refractivity contribution >= 4 is 60.8 Å². The molecule has 0 fully saturated rings. The number of tetrazole rings is 2. The normalized spacial score (nSPS) is 8.47. The van der Waals surface area contributed by atoms with E-state index in [0.717, 1.165) is 0 Å². The van der Waals surface area contributed by atoms with E-state index in [0.29, 0.717) is 0 Å². The van der Waals surface area contributed by atoms with Crippen molar-refractivity contribution in [2.45, 2.75) is 0 Å². The van der Waals surface area contributed by atoms with Gasteiger partial charge in [0.15, 0.2) is 0 Å². The fraction of sp³-hybridized carbons (Fsp3) is 0. The average Bonchev–Trinajstić information content (AvgIpc) is 2.93. The minimum absolute atomic E-state index is 0. The van der Waals surface area contributed by atoms with E-state index < -0.39 is 23.6 Å². The molecule has 84 valence electrons. The maximum Gasteiger partial charge on any atom is 2.00 e. The van der Waals surface area contributed by atoms with Crippen LogP contribution in [-0.4, -0.2) is 102 Å². The minimum atomic E-state index is -1.43. The summed E-state index contributed by atoms with van der Waals surface area (Å²) in [5.41, 5.74) is 0. The molecule has 13 heteroatoms. The van der Waals surface area contributed by atoms with E-state index in [1.54, 1.807) is 0 Å². The number of nitrogens with zero attached hydrogens (tertiary/aromatic N) is 6. The second kappa shape index (κ2) is 7.85. The molecule has 2 aromatic rings. The Morgan fingerprint density at radius 1 is 0.882 bits per heavy atom. The number of aromatic amines is 2. The van der Waals surface area contributed by atoms with Crippen LogP contribution in [-0.2, 0) is 0 Å². The zero-order valence-corrected chi connectivity index (χ0v) is 12.5. The molecule has 0 saturated heterocycles. The SMILES string of the molecule is O=C([O-])c1nn[nH]n1.O=C([O-])c1nn[nH]n1.[Ba+2]. The Bertz CT molecular complexity index is 410. The van der Waals surface area contributed by atoms with E-state index in [9.17, 15) is 19.8 Å². The Morgan fingerprint density at radius 2 is 1.24 bits per heavy atom. The van der Waals surface area contributed by atoms with E-state index >= 15 is 0 Å². The molecule has 0 bridgehead atoms. The van der Waals surface area contributed by atoms with Gasteiger partial charge in [-0.3, -0.25) is 0 Å². The van der Waals surface area contributed by atoms with E-state index in [-0.39, 0.29) is 48.9 Å². The number of hydrogen-bond acceptors (Lipinski definition) is 10. The molecule has 12 nitrogen and oxygen atoms in total. The number of H-pyrrole nitrogens is 2. The third-order valence-corrected chi connectivity index (χ3v) is 1.06. The summed E-state index contributed by atoms with van der Waals surface area (Å²) in [5.74, 6) is -3.72. The van der Waals surface area contributed by atoms with Crippen molar-refractivity contribution in [2.75, 3.05) is 0 Å². The molecule has 0 spiro atoms. The topological polar surface area (TPSA) is 189 Å². The van der Waals surface area contributed by atoms with Gasteiger partial charge in [-0.25, -0.2) is 0 Å². The zero-order chi connectivity index (χ0) is 12.0. The molecule has 0 aromatic carbocycles. The first-order chi connectivity index (χ1) is 7.61. The third-order valence-electron chi connectivity index (χ3n) is 1.06. The van der Waals surface area contributed by atoms with E-state index in [4.69, 9.17) is 0 Å². The Labute approximate surface area is 132 Å². The molecular weight excluding hydrogens is 361 g/mol. The number of carbonyl (C=O) groups excluding carboxylic acids is 2. The predicted octanol–water partition coefficient (Wildman–Crippen LogP) is -5.25. The molecule has 0 amide bonds. The third kappa shape index (κ3) is 5.50. The van der Waals surface area contributed by atoms with Crippen LogP contribution in [0.25, 0.3) is 0 Å². The summed E-state index contributed by atoms with van der Waals surface area (Å²) in [6.45, 7) is 0. The molecule has 0 radical (unpaired) electrons. The Balaban J connectivity index is 0.000000284. The van der Waals surface area contributed by atoms with Crippen LogP contribution in [0.4, 0.5) is 0 Å². The summed E-state index contributed by atoms with van der Waals surface area (Å²) in [6, 6.07) is 0. The molecular formula is C4H2BaN8O4. The Morgan fingerprint density at radius 3 is 1.35 bits per heavy atom. The average molecular weight is 363 g/mol. The predicted molar refractivity (Wildman–Crippen MR) is 42.8 cm³/mol. The number of aromatic carboxylic acids is 2. The second-order valence-electron chi connectivity index (χ2n) is 2.05. The smallest absolute Gasteiger partial charge is 0.541 e. The number of carboxylic acid groups (broad SMARTS) is 2. The van der Waals surface area contributed by atoms with Gasteiger partial charge in [-0.15, -0.1) is 20.4 Å². The van der Waals surface area contributed by atoms with Crippen LogP contribution >= 0.6 is 0 Å². The molecule has 2 aromatic heterocycles. The van der Waals surface area contributed by atoms with Gasteiger partial charge in [0.1, 0.15) is 11.9 Å². The van der Waals surface area contributed by atoms with Gasteiger partial charge >= 0.3 is 48.9 Å². The first-order valence-electron chi connectivity index (χ1n) is 3.51. The summed E-state index contributed by atoms with van der Waals surface area (Å²) >= 11 is 0. The van der Waals surface area contributed by atoms with Gasteiger partial charge in [0.25, 0.3) is 0 Å². The molecule has 0 atom stereocenters. The first-order valence-corrected chi connectivity index (χ1v) is 3.51. The largest absolute Gasteiger partial charge is 2.00 e. The van der Waals surface area contributed by atoms with Gasteiger partial charge in [-0.2, -0.15) is 10.4 Å². The van der Waals surface area contributed by atoms with Crippen molar-refractivity contribution < 1.29 is 19.8 Å². The molecule has 0 saturated carbocycles. The Hall–Kier alpha value is -1.35. The number of carboxylic acids is 2. The number of carbonyl (C=O) groups is 2. The van der Waals surface area contributed by atoms with Crippen LogP contribution < -0.4 is 10.2 Å². The van der Waals surface area contributed by atoms with E-state index in [2.05, 4.69) is 30.8 Å². The molecule has 0 aliphatic carbocycles. The van der Waals surface area contributed by atoms with Crippen LogP contribution in [0.15, 0.2) is 0 Å². The van der Waals surface area contributed by atoms with Crippen LogP contribution in [0.1, 0.15) is 21.2 Å². The van der Waals surface area contributed by atoms with Crippen molar-refractivity contribution in [3.63, 3.8) is 0 Å². The van der Waals surface area contributed by atoms with Crippen LogP contribution in [0.5, 0.6) is 0 Å². The van der Waals surface area contributed by atoms with Gasteiger partial charge in [-0.05, 0) is 10.4 Å². The van der Waals surface area contributed by atoms with Gasteiger partial charge in [0.2, 0.25) is 11.6 Å². The summed E-state index contributed by atoms with van der Waals surface area (Å²) in [5, 5.41) is 41.9. The maximum atomic E-state index is 9.77. The summed E-state index contributed by atoms with van der Waals surface area (Å²) in [6.07, 6.45) is 0. The molecule has 17 heavy (non-hydrogen) atoms. The quantitative estimate of drug-likeness (QED) is 0.487. The fourth-order valence-electron chi connectivity index (χ4n) is 0.497. The maximum absolute atomic E-state index is 9.77. The van der Waals surface area contributed by atoms with Crippen molar-refractivity contribution in [2.24, 2.45) is 0 Å². The van der Waals surface area contributed by atoms with E-state index in [1.165, 1.54) is 0 Å². The van der Waals surface area contributed by atoms with E-state index in [1.807, 2.05) is 10.4 Å². The molecule has 0 aliphatic heterocycles. The number of hydrogen-bond donors (Lipinski definition) is 2. The minimum Gasteiger partial charge on any atom is -0.541 e. The van der Waals surface area contributed by atoms with Crippen LogP contribution in [0.3, 0.4) is 0 Å². The summed E-state index contributed by atoms with van der Waals surface area (Å²) < 4.78 is 0. The van der Waals surface area contributed by atoms with Crippen LogP contribution in [0.2, 0.25) is 0 Å². The monoisotopic (exact) mass is 364 g/mol. The molecule has 2 heterocycles. The number of rotatable bonds is 2. The molecule has 2 N–H and O–H groups in total. The number of nitrogens with one attached hydrogen (secondary N) is 2. The van der Waals surface area contributed by atoms with Crippen molar-refractivity contribution in [1.29, 1.82) is 0 Å². The van der Waals surface area contributed by atoms with Gasteiger partial charge < -0.3 is 19.8 Å². The number of aromatic nitrogens is 8. The van der Waals surface area contributed by atoms with Gasteiger partial charge in [0.05, 0.1) is 0 Å². The fourth-order valence-corrected chi connectivity index (χ4v) is 0.497. The second-order valence-corrected chi connectivity index (χ2v) is 2.05. The molecule has 0 unspecified atom stereocenters. The molecule has 2 rings (SSSR count). The van der Waals surface area contributed by atoms with Gasteiger partial charge in [-0.1, -0.05) is 0 Å². The van der Waals surface area contributed by atoms with Crippen LogP contribution in [0, 0.1) is 0 Å². The standard InChI is InChI=1S/2C2H2N4O2.Ba/c2*7-2(8)1-3-5-6-4-1;/h2*(H,7,8)(H,3,4,5,6);/q;;+2/p-2. The molecule has 0 aliphatic rings. The van der Waals surface area contributed by atoms with Crippen molar-refractivity contribution in [1.82, 2.24) is 41.2 Å². The van der Waals surface area contributed by atoms with Crippen molar-refractivity contribution in [3.05, 3.63) is 11.6 Å². The first kappa shape index (κ1) is 15.7. The summed E-state index contributed by atoms with van der Waals surface area (Å²) in [4.78, 5) is 19.5.